The molecule has 2 fully saturated rings. The third-order valence-corrected chi connectivity index (χ3v) is 5.96. The summed E-state index contributed by atoms with van der Waals surface area (Å²) >= 11 is 0. The van der Waals surface area contributed by atoms with Crippen molar-refractivity contribution in [3.05, 3.63) is 40.6 Å². The molecule has 1 heterocycles. The van der Waals surface area contributed by atoms with E-state index in [9.17, 15) is 10.3 Å². The number of hydrogen-bond donors (Lipinski definition) is 2. The predicted octanol–water partition coefficient (Wildman–Crippen LogP) is 0.941. The van der Waals surface area contributed by atoms with E-state index in [1.807, 2.05) is 0 Å². The molecule has 1 aromatic rings. The molecule has 4 rings (SSSR count). The summed E-state index contributed by atoms with van der Waals surface area (Å²) in [6, 6.07) is 8.33. The maximum absolute atomic E-state index is 12.3. The summed E-state index contributed by atoms with van der Waals surface area (Å²) < 4.78 is 0. The first-order chi connectivity index (χ1) is 9.17. The molecule has 0 amide bonds. The van der Waals surface area contributed by atoms with Crippen molar-refractivity contribution in [2.75, 3.05) is 6.54 Å². The zero-order valence-electron chi connectivity index (χ0n) is 11.2. The van der Waals surface area contributed by atoms with Crippen molar-refractivity contribution in [3.63, 3.8) is 0 Å². The van der Waals surface area contributed by atoms with Crippen molar-refractivity contribution >= 4 is 0 Å². The fourth-order valence-electron chi connectivity index (χ4n) is 5.07. The van der Waals surface area contributed by atoms with Gasteiger partial charge in [-0.05, 0) is 24.0 Å². The second kappa shape index (κ2) is 3.81. The van der Waals surface area contributed by atoms with Crippen LogP contribution in [0.2, 0.25) is 0 Å². The molecule has 4 atom stereocenters. The van der Waals surface area contributed by atoms with E-state index in [2.05, 4.69) is 24.3 Å². The first-order valence-corrected chi connectivity index (χ1v) is 7.51. The van der Waals surface area contributed by atoms with Crippen LogP contribution in [-0.2, 0) is 11.8 Å². The maximum Gasteiger partial charge on any atom is 0.127 e. The number of quaternary nitrogens is 1. The van der Waals surface area contributed by atoms with Crippen LogP contribution in [0.15, 0.2) is 24.3 Å². The highest BCUT2D eigenvalue weighted by atomic mass is 16.5. The zero-order valence-corrected chi connectivity index (χ0v) is 11.2. The summed E-state index contributed by atoms with van der Waals surface area (Å²) in [5.41, 5.74) is 1.72. The topological polar surface area (TPSA) is 47.7 Å². The molecule has 3 heteroatoms. The first-order valence-electron chi connectivity index (χ1n) is 7.51. The van der Waals surface area contributed by atoms with Crippen LogP contribution in [0.5, 0.6) is 0 Å². The lowest BCUT2D eigenvalue weighted by atomic mass is 9.50. The predicted molar refractivity (Wildman–Crippen MR) is 72.8 cm³/mol. The second-order valence-corrected chi connectivity index (χ2v) is 6.59. The summed E-state index contributed by atoms with van der Waals surface area (Å²) in [4.78, 5) is 0. The highest BCUT2D eigenvalue weighted by Crippen LogP contribution is 2.55. The molecule has 1 saturated carbocycles. The minimum Gasteiger partial charge on any atom is -0.634 e. The number of benzene rings is 1. The van der Waals surface area contributed by atoms with E-state index in [1.54, 1.807) is 0 Å². The lowest BCUT2D eigenvalue weighted by Crippen LogP contribution is -3.17. The summed E-state index contributed by atoms with van der Waals surface area (Å²) in [5, 5.41) is 24.0. The van der Waals surface area contributed by atoms with Gasteiger partial charge >= 0.3 is 0 Å². The normalized spacial score (nSPS) is 44.3. The second-order valence-electron chi connectivity index (χ2n) is 6.59. The number of rotatable bonds is 0. The number of aliphatic hydroxyl groups is 1. The van der Waals surface area contributed by atoms with E-state index in [0.717, 1.165) is 32.1 Å². The van der Waals surface area contributed by atoms with Gasteiger partial charge in [0, 0.05) is 18.3 Å². The van der Waals surface area contributed by atoms with Crippen molar-refractivity contribution in [2.24, 2.45) is 0 Å². The van der Waals surface area contributed by atoms with Gasteiger partial charge in [0.2, 0.25) is 0 Å². The van der Waals surface area contributed by atoms with Gasteiger partial charge in [0.1, 0.15) is 11.6 Å². The SMILES string of the molecule is [O-][NH+]1CC[C@]23CCCCC2(O)[C@H]1Cc1ccccc13. The van der Waals surface area contributed by atoms with Gasteiger partial charge in [-0.1, -0.05) is 37.1 Å². The van der Waals surface area contributed by atoms with Crippen molar-refractivity contribution in [2.45, 2.75) is 55.6 Å². The highest BCUT2D eigenvalue weighted by molar-refractivity contribution is 5.43. The lowest BCUT2D eigenvalue weighted by molar-refractivity contribution is -0.895. The minimum atomic E-state index is -0.769. The van der Waals surface area contributed by atoms with Gasteiger partial charge in [-0.15, -0.1) is 0 Å². The van der Waals surface area contributed by atoms with Crippen LogP contribution in [0, 0.1) is 5.21 Å². The number of piperidine rings is 1. The quantitative estimate of drug-likeness (QED) is 0.681. The molecule has 1 saturated heterocycles. The number of fused-ring (bicyclic) bond motifs is 1. The minimum absolute atomic E-state index is 0.140. The summed E-state index contributed by atoms with van der Waals surface area (Å²) in [6.45, 7) is 0.654. The van der Waals surface area contributed by atoms with Crippen LogP contribution >= 0.6 is 0 Å². The largest absolute Gasteiger partial charge is 0.634 e. The van der Waals surface area contributed by atoms with Gasteiger partial charge in [-0.3, -0.25) is 0 Å². The van der Waals surface area contributed by atoms with Gasteiger partial charge < -0.3 is 15.4 Å². The molecule has 0 radical (unpaired) electrons. The summed E-state index contributed by atoms with van der Waals surface area (Å²) in [6.07, 6.45) is 5.67. The average molecular weight is 259 g/mol. The Morgan fingerprint density at radius 1 is 1.16 bits per heavy atom. The molecule has 0 aromatic heterocycles. The molecule has 1 aliphatic heterocycles. The van der Waals surface area contributed by atoms with E-state index in [4.69, 9.17) is 0 Å². The smallest absolute Gasteiger partial charge is 0.127 e. The highest BCUT2D eigenvalue weighted by Gasteiger charge is 2.64. The summed E-state index contributed by atoms with van der Waals surface area (Å²) in [7, 11) is 0. The molecular formula is C16H21NO2. The Balaban J connectivity index is 1.96. The summed E-state index contributed by atoms with van der Waals surface area (Å²) in [5.74, 6) is 0. The van der Waals surface area contributed by atoms with Crippen LogP contribution in [0.25, 0.3) is 0 Å². The molecule has 2 N–H and O–H groups in total. The van der Waals surface area contributed by atoms with Gasteiger partial charge in [-0.25, -0.2) is 0 Å². The Bertz CT molecular complexity index is 517. The molecular weight excluding hydrogens is 238 g/mol. The van der Waals surface area contributed by atoms with Crippen molar-refractivity contribution in [1.29, 1.82) is 0 Å². The fraction of sp³-hybridized carbons (Fsp3) is 0.625. The van der Waals surface area contributed by atoms with Gasteiger partial charge in [0.05, 0.1) is 6.54 Å². The Morgan fingerprint density at radius 3 is 2.84 bits per heavy atom. The van der Waals surface area contributed by atoms with Gasteiger partial charge in [0.25, 0.3) is 0 Å². The average Bonchev–Trinajstić information content (AvgIpc) is 2.43. The van der Waals surface area contributed by atoms with Gasteiger partial charge in [0.15, 0.2) is 0 Å². The van der Waals surface area contributed by atoms with E-state index in [1.165, 1.54) is 17.5 Å². The Labute approximate surface area is 113 Å². The molecule has 1 aromatic carbocycles. The standard InChI is InChI=1S/C16H21NO2/c18-16-8-4-3-7-15(16)9-10-17(19)14(16)11-12-5-1-2-6-13(12)15/h1-2,5-6,14,17-18H,3-4,7-11H2/t14-,15+,16?/m1/s1. The van der Waals surface area contributed by atoms with E-state index in [0.29, 0.717) is 6.54 Å². The molecule has 2 aliphatic carbocycles. The van der Waals surface area contributed by atoms with Crippen LogP contribution in [0.3, 0.4) is 0 Å². The van der Waals surface area contributed by atoms with Crippen molar-refractivity contribution in [3.8, 4) is 0 Å². The molecule has 2 unspecified atom stereocenters. The van der Waals surface area contributed by atoms with E-state index >= 15 is 0 Å². The van der Waals surface area contributed by atoms with Crippen LogP contribution < -0.4 is 5.06 Å². The van der Waals surface area contributed by atoms with Crippen LogP contribution in [0.4, 0.5) is 0 Å². The lowest BCUT2D eigenvalue weighted by Gasteiger charge is -2.62. The molecule has 19 heavy (non-hydrogen) atoms. The maximum atomic E-state index is 12.3. The first kappa shape index (κ1) is 11.9. The number of hydrogen-bond acceptors (Lipinski definition) is 2. The number of nitrogens with one attached hydrogen (secondary N) is 1. The molecule has 2 bridgehead atoms. The Hall–Kier alpha value is -0.900. The molecule has 3 aliphatic rings. The van der Waals surface area contributed by atoms with Crippen LogP contribution in [-0.4, -0.2) is 23.3 Å². The third-order valence-electron chi connectivity index (χ3n) is 5.96. The third kappa shape index (κ3) is 1.33. The molecule has 102 valence electrons. The monoisotopic (exact) mass is 259 g/mol. The Kier molecular flexibility index (Phi) is 2.39. The fourth-order valence-corrected chi connectivity index (χ4v) is 5.07. The van der Waals surface area contributed by atoms with E-state index in [-0.39, 0.29) is 16.5 Å². The van der Waals surface area contributed by atoms with Gasteiger partial charge in [-0.2, -0.15) is 0 Å². The van der Waals surface area contributed by atoms with Crippen molar-refractivity contribution in [1.82, 2.24) is 0 Å². The Morgan fingerprint density at radius 2 is 1.95 bits per heavy atom. The zero-order chi connectivity index (χ0) is 13.1. The molecule has 0 spiro atoms. The molecule has 3 nitrogen and oxygen atoms in total. The number of hydroxylamine groups is 2. The van der Waals surface area contributed by atoms with Crippen LogP contribution in [0.1, 0.15) is 43.2 Å². The van der Waals surface area contributed by atoms with Crippen molar-refractivity contribution < 1.29 is 10.2 Å². The van der Waals surface area contributed by atoms with E-state index < -0.39 is 5.60 Å².